The molecule has 21 heavy (non-hydrogen) atoms. The molecule has 1 aliphatic rings. The van der Waals surface area contributed by atoms with Crippen molar-refractivity contribution in [3.8, 4) is 0 Å². The fraction of sp³-hybridized carbons (Fsp3) is 0.733. The fourth-order valence-corrected chi connectivity index (χ4v) is 4.26. The van der Waals surface area contributed by atoms with E-state index in [0.29, 0.717) is 12.6 Å². The summed E-state index contributed by atoms with van der Waals surface area (Å²) < 4.78 is 5.13. The Kier molecular flexibility index (Phi) is 5.54. The number of nitrogens with zero attached hydrogens (tertiary/aromatic N) is 1. The predicted molar refractivity (Wildman–Crippen MR) is 90.3 cm³/mol. The van der Waals surface area contributed by atoms with Crippen LogP contribution in [-0.4, -0.2) is 35.1 Å². The summed E-state index contributed by atoms with van der Waals surface area (Å²) in [6.07, 6.45) is 5.83. The summed E-state index contributed by atoms with van der Waals surface area (Å²) in [5, 5.41) is 7.14. The minimum absolute atomic E-state index is 0.217. The van der Waals surface area contributed by atoms with Crippen molar-refractivity contribution in [2.75, 3.05) is 18.2 Å². The number of hydrogen-bond acceptors (Lipinski definition) is 6. The van der Waals surface area contributed by atoms with Crippen molar-refractivity contribution in [1.29, 1.82) is 0 Å². The van der Waals surface area contributed by atoms with Crippen LogP contribution < -0.4 is 5.32 Å². The van der Waals surface area contributed by atoms with Gasteiger partial charge in [0, 0.05) is 16.7 Å². The van der Waals surface area contributed by atoms with Gasteiger partial charge in [0.25, 0.3) is 0 Å². The van der Waals surface area contributed by atoms with Gasteiger partial charge in [-0.25, -0.2) is 4.98 Å². The number of carbonyl (C=O) groups excluding carboxylic acids is 1. The average Bonchev–Trinajstić information content (AvgIpc) is 3.09. The predicted octanol–water partition coefficient (Wildman–Crippen LogP) is 3.68. The number of anilines is 1. The van der Waals surface area contributed by atoms with Gasteiger partial charge in [0.05, 0.1) is 12.3 Å². The Labute approximate surface area is 135 Å². The van der Waals surface area contributed by atoms with Crippen molar-refractivity contribution in [3.05, 3.63) is 11.1 Å². The topological polar surface area (TPSA) is 51.2 Å². The number of hydrogen-bond donors (Lipinski definition) is 1. The second-order valence-corrected chi connectivity index (χ2v) is 7.89. The third-order valence-corrected chi connectivity index (χ3v) is 5.84. The Balaban J connectivity index is 1.99. The monoisotopic (exact) mass is 328 g/mol. The highest BCUT2D eigenvalue weighted by Gasteiger charge is 2.34. The first-order valence-corrected chi connectivity index (χ1v) is 9.56. The molecule has 0 saturated heterocycles. The highest BCUT2D eigenvalue weighted by Crippen LogP contribution is 2.33. The van der Waals surface area contributed by atoms with Crippen LogP contribution in [0.15, 0.2) is 5.38 Å². The van der Waals surface area contributed by atoms with Crippen molar-refractivity contribution in [3.63, 3.8) is 0 Å². The van der Waals surface area contributed by atoms with Gasteiger partial charge in [-0.2, -0.15) is 11.8 Å². The summed E-state index contributed by atoms with van der Waals surface area (Å²) in [5.74, 6) is -0.217. The summed E-state index contributed by atoms with van der Waals surface area (Å²) in [4.78, 5) is 16.6. The van der Waals surface area contributed by atoms with Gasteiger partial charge in [-0.1, -0.05) is 0 Å². The van der Waals surface area contributed by atoms with Crippen LogP contribution in [0.4, 0.5) is 5.13 Å². The van der Waals surface area contributed by atoms with Crippen molar-refractivity contribution in [2.45, 2.75) is 56.7 Å². The second-order valence-electron chi connectivity index (χ2n) is 5.90. The molecule has 0 aliphatic heterocycles. The maximum atomic E-state index is 12.0. The van der Waals surface area contributed by atoms with E-state index in [2.05, 4.69) is 16.6 Å². The summed E-state index contributed by atoms with van der Waals surface area (Å²) in [7, 11) is 0. The van der Waals surface area contributed by atoms with Crippen LogP contribution in [0.5, 0.6) is 0 Å². The zero-order chi connectivity index (χ0) is 15.5. The maximum Gasteiger partial charge on any atom is 0.317 e. The first-order chi connectivity index (χ1) is 9.97. The van der Waals surface area contributed by atoms with Crippen LogP contribution in [0.2, 0.25) is 0 Å². The number of carbonyl (C=O) groups is 1. The van der Waals surface area contributed by atoms with Gasteiger partial charge in [-0.05, 0) is 46.3 Å². The molecule has 0 bridgehead atoms. The lowest BCUT2D eigenvalue weighted by Gasteiger charge is -2.19. The lowest BCUT2D eigenvalue weighted by atomic mass is 9.90. The van der Waals surface area contributed by atoms with Crippen LogP contribution >= 0.6 is 23.1 Å². The number of rotatable bonds is 6. The lowest BCUT2D eigenvalue weighted by molar-refractivity contribution is -0.148. The van der Waals surface area contributed by atoms with Crippen molar-refractivity contribution < 1.29 is 9.53 Å². The van der Waals surface area contributed by atoms with Gasteiger partial charge < -0.3 is 10.1 Å². The van der Waals surface area contributed by atoms with E-state index in [-0.39, 0.29) is 5.97 Å². The minimum Gasteiger partial charge on any atom is -0.465 e. The third kappa shape index (κ3) is 3.92. The molecule has 1 aliphatic carbocycles. The standard InChI is InChI=1S/C15H24N2O2S2/c1-5-19-13(18)15(2,3)12-9-21-14(17-12)16-10-6-7-11(8-10)20-4/h9-11H,5-8H2,1-4H3,(H,16,17). The van der Waals surface area contributed by atoms with Gasteiger partial charge in [-0.3, -0.25) is 4.79 Å². The zero-order valence-corrected chi connectivity index (χ0v) is 14.8. The number of nitrogens with one attached hydrogen (secondary N) is 1. The fourth-order valence-electron chi connectivity index (χ4n) is 2.50. The van der Waals surface area contributed by atoms with E-state index in [0.717, 1.165) is 16.1 Å². The zero-order valence-electron chi connectivity index (χ0n) is 13.1. The Bertz CT molecular complexity index is 488. The first-order valence-electron chi connectivity index (χ1n) is 7.40. The Hall–Kier alpha value is -0.750. The van der Waals surface area contributed by atoms with Gasteiger partial charge in [0.1, 0.15) is 5.41 Å². The molecule has 0 aromatic carbocycles. The highest BCUT2D eigenvalue weighted by atomic mass is 32.2. The number of thioether (sulfide) groups is 1. The second kappa shape index (κ2) is 7.01. The van der Waals surface area contributed by atoms with Crippen molar-refractivity contribution in [2.24, 2.45) is 0 Å². The number of thiazole rings is 1. The van der Waals surface area contributed by atoms with Crippen molar-refractivity contribution in [1.82, 2.24) is 4.98 Å². The average molecular weight is 329 g/mol. The maximum absolute atomic E-state index is 12.0. The number of esters is 1. The largest absolute Gasteiger partial charge is 0.465 e. The SMILES string of the molecule is CCOC(=O)C(C)(C)c1csc(NC2CCC(SC)C2)n1. The summed E-state index contributed by atoms with van der Waals surface area (Å²) in [6.45, 7) is 5.95. The first kappa shape index (κ1) is 16.6. The molecule has 1 aromatic rings. The van der Waals surface area contributed by atoms with E-state index in [9.17, 15) is 4.79 Å². The number of aromatic nitrogens is 1. The molecule has 1 aromatic heterocycles. The molecule has 1 saturated carbocycles. The molecule has 0 amide bonds. The van der Waals surface area contributed by atoms with E-state index in [4.69, 9.17) is 4.74 Å². The van der Waals surface area contributed by atoms with Gasteiger partial charge >= 0.3 is 5.97 Å². The highest BCUT2D eigenvalue weighted by molar-refractivity contribution is 7.99. The molecular weight excluding hydrogens is 304 g/mol. The van der Waals surface area contributed by atoms with E-state index < -0.39 is 5.41 Å². The summed E-state index contributed by atoms with van der Waals surface area (Å²) >= 11 is 3.52. The molecule has 118 valence electrons. The molecule has 4 nitrogen and oxygen atoms in total. The normalized spacial score (nSPS) is 22.3. The van der Waals surface area contributed by atoms with Crippen LogP contribution in [0.3, 0.4) is 0 Å². The number of ether oxygens (including phenoxy) is 1. The third-order valence-electron chi connectivity index (χ3n) is 3.98. The van der Waals surface area contributed by atoms with E-state index in [1.165, 1.54) is 19.3 Å². The molecule has 2 rings (SSSR count). The van der Waals surface area contributed by atoms with Crippen molar-refractivity contribution >= 4 is 34.2 Å². The molecule has 2 atom stereocenters. The summed E-state index contributed by atoms with van der Waals surface area (Å²) in [6, 6.07) is 0.507. The molecule has 0 spiro atoms. The van der Waals surface area contributed by atoms with Gasteiger partial charge in [0.15, 0.2) is 5.13 Å². The van der Waals surface area contributed by atoms with Crippen LogP contribution in [0.25, 0.3) is 0 Å². The Morgan fingerprint density at radius 3 is 2.95 bits per heavy atom. The Morgan fingerprint density at radius 1 is 1.57 bits per heavy atom. The van der Waals surface area contributed by atoms with Gasteiger partial charge in [0.2, 0.25) is 0 Å². The smallest absolute Gasteiger partial charge is 0.317 e. The van der Waals surface area contributed by atoms with Crippen LogP contribution in [-0.2, 0) is 14.9 Å². The Morgan fingerprint density at radius 2 is 2.33 bits per heavy atom. The molecule has 6 heteroatoms. The van der Waals surface area contributed by atoms with E-state index in [1.807, 2.05) is 37.9 Å². The minimum atomic E-state index is -0.691. The molecule has 1 N–H and O–H groups in total. The van der Waals surface area contributed by atoms with E-state index >= 15 is 0 Å². The van der Waals surface area contributed by atoms with Gasteiger partial charge in [-0.15, -0.1) is 11.3 Å². The summed E-state index contributed by atoms with van der Waals surface area (Å²) in [5.41, 5.74) is 0.0945. The quantitative estimate of drug-likeness (QED) is 0.807. The van der Waals surface area contributed by atoms with Crippen LogP contribution in [0, 0.1) is 0 Å². The van der Waals surface area contributed by atoms with Crippen LogP contribution in [0.1, 0.15) is 45.7 Å². The lowest BCUT2D eigenvalue weighted by Crippen LogP contribution is -2.31. The molecule has 1 fully saturated rings. The molecule has 0 radical (unpaired) electrons. The molecule has 1 heterocycles. The molecular formula is C15H24N2O2S2. The van der Waals surface area contributed by atoms with E-state index in [1.54, 1.807) is 11.3 Å². The molecule has 2 unspecified atom stereocenters.